The quantitative estimate of drug-likeness (QED) is 0.593. The Bertz CT molecular complexity index is 668. The zero-order chi connectivity index (χ0) is 18.6. The van der Waals surface area contributed by atoms with Crippen LogP contribution >= 0.6 is 0 Å². The van der Waals surface area contributed by atoms with Crippen LogP contribution in [0.4, 0.5) is 0 Å². The van der Waals surface area contributed by atoms with Crippen molar-refractivity contribution in [2.45, 2.75) is 59.3 Å². The van der Waals surface area contributed by atoms with E-state index in [1.54, 1.807) is 6.07 Å². The third kappa shape index (κ3) is 5.26. The van der Waals surface area contributed by atoms with Crippen molar-refractivity contribution in [1.82, 2.24) is 0 Å². The molecule has 2 rings (SSSR count). The first-order valence-corrected chi connectivity index (χ1v) is 9.25. The Labute approximate surface area is 152 Å². The zero-order valence-electron chi connectivity index (χ0n) is 16.2. The van der Waals surface area contributed by atoms with Crippen LogP contribution in [0.15, 0.2) is 48.5 Å². The largest absolute Gasteiger partial charge is 0.504 e. The van der Waals surface area contributed by atoms with Crippen molar-refractivity contribution in [3.63, 3.8) is 0 Å². The number of benzene rings is 2. The number of hydrogen-bond donors (Lipinski definition) is 2. The van der Waals surface area contributed by atoms with Gasteiger partial charge in [0.25, 0.3) is 0 Å². The van der Waals surface area contributed by atoms with Gasteiger partial charge in [0.1, 0.15) is 0 Å². The third-order valence-electron chi connectivity index (χ3n) is 4.92. The lowest BCUT2D eigenvalue weighted by molar-refractivity contribution is 0.300. The molecule has 136 valence electrons. The van der Waals surface area contributed by atoms with E-state index < -0.39 is 0 Å². The summed E-state index contributed by atoms with van der Waals surface area (Å²) >= 11 is 0. The maximum atomic E-state index is 10.4. The van der Waals surface area contributed by atoms with Gasteiger partial charge in [0, 0.05) is 5.56 Å². The van der Waals surface area contributed by atoms with Crippen LogP contribution in [0, 0.1) is 11.3 Å². The standard InChI is InChI=1S/C23H32O2/c1-16(2)20(17-10-7-6-8-11-17)14-18(15-23(3,4)5)19-12-9-13-21(24)22(19)25/h6-13,16,18,20,24-25H,14-15H2,1-5H3. The average molecular weight is 341 g/mol. The van der Waals surface area contributed by atoms with E-state index in [9.17, 15) is 10.2 Å². The Morgan fingerprint density at radius 3 is 2.08 bits per heavy atom. The first-order chi connectivity index (χ1) is 11.7. The number of phenols is 2. The summed E-state index contributed by atoms with van der Waals surface area (Å²) in [7, 11) is 0. The second kappa shape index (κ2) is 7.95. The van der Waals surface area contributed by atoms with Gasteiger partial charge >= 0.3 is 0 Å². The summed E-state index contributed by atoms with van der Waals surface area (Å²) in [5.74, 6) is 1.11. The molecule has 2 aromatic rings. The molecule has 0 aromatic heterocycles. The van der Waals surface area contributed by atoms with Gasteiger partial charge in [-0.15, -0.1) is 0 Å². The SMILES string of the molecule is CC(C)C(CC(CC(C)(C)C)c1cccc(O)c1O)c1ccccc1. The Morgan fingerprint density at radius 1 is 0.880 bits per heavy atom. The number of para-hydroxylation sites is 1. The minimum Gasteiger partial charge on any atom is -0.504 e. The van der Waals surface area contributed by atoms with E-state index in [1.165, 1.54) is 5.56 Å². The van der Waals surface area contributed by atoms with Crippen LogP contribution in [0.2, 0.25) is 0 Å². The summed E-state index contributed by atoms with van der Waals surface area (Å²) < 4.78 is 0. The third-order valence-corrected chi connectivity index (χ3v) is 4.92. The van der Waals surface area contributed by atoms with Crippen LogP contribution in [-0.2, 0) is 0 Å². The highest BCUT2D eigenvalue weighted by Gasteiger charge is 2.28. The Hall–Kier alpha value is -1.96. The van der Waals surface area contributed by atoms with Crippen LogP contribution in [0.5, 0.6) is 11.5 Å². The van der Waals surface area contributed by atoms with Crippen molar-refractivity contribution in [2.75, 3.05) is 0 Å². The van der Waals surface area contributed by atoms with E-state index >= 15 is 0 Å². The Morgan fingerprint density at radius 2 is 1.52 bits per heavy atom. The molecular formula is C23H32O2. The molecule has 2 atom stereocenters. The molecule has 0 spiro atoms. The van der Waals surface area contributed by atoms with Gasteiger partial charge in [-0.2, -0.15) is 0 Å². The molecule has 0 fully saturated rings. The first-order valence-electron chi connectivity index (χ1n) is 9.25. The van der Waals surface area contributed by atoms with Gasteiger partial charge in [-0.25, -0.2) is 0 Å². The van der Waals surface area contributed by atoms with Gasteiger partial charge in [0.15, 0.2) is 11.5 Å². The van der Waals surface area contributed by atoms with Gasteiger partial charge in [0.2, 0.25) is 0 Å². The average Bonchev–Trinajstić information content (AvgIpc) is 2.53. The monoisotopic (exact) mass is 340 g/mol. The molecular weight excluding hydrogens is 308 g/mol. The topological polar surface area (TPSA) is 40.5 Å². The van der Waals surface area contributed by atoms with Crippen molar-refractivity contribution in [3.8, 4) is 11.5 Å². The fraction of sp³-hybridized carbons (Fsp3) is 0.478. The Kier molecular flexibility index (Phi) is 6.16. The maximum Gasteiger partial charge on any atom is 0.160 e. The van der Waals surface area contributed by atoms with E-state index in [4.69, 9.17) is 0 Å². The van der Waals surface area contributed by atoms with E-state index in [2.05, 4.69) is 65.0 Å². The summed E-state index contributed by atoms with van der Waals surface area (Å²) in [6.07, 6.45) is 1.91. The molecule has 0 amide bonds. The fourth-order valence-corrected chi connectivity index (χ4v) is 3.74. The molecule has 0 aliphatic rings. The van der Waals surface area contributed by atoms with Gasteiger partial charge < -0.3 is 10.2 Å². The van der Waals surface area contributed by atoms with Crippen molar-refractivity contribution < 1.29 is 10.2 Å². The van der Waals surface area contributed by atoms with E-state index in [-0.39, 0.29) is 22.8 Å². The molecule has 25 heavy (non-hydrogen) atoms. The summed E-state index contributed by atoms with van der Waals surface area (Å²) in [5.41, 5.74) is 2.34. The lowest BCUT2D eigenvalue weighted by Gasteiger charge is -2.32. The maximum absolute atomic E-state index is 10.4. The normalized spacial score (nSPS) is 14.5. The summed E-state index contributed by atoms with van der Waals surface area (Å²) in [6, 6.07) is 16.0. The lowest BCUT2D eigenvalue weighted by Crippen LogP contribution is -2.17. The van der Waals surface area contributed by atoms with Crippen molar-refractivity contribution >= 4 is 0 Å². The van der Waals surface area contributed by atoms with E-state index in [0.29, 0.717) is 11.8 Å². The second-order valence-corrected chi connectivity index (χ2v) is 8.67. The van der Waals surface area contributed by atoms with Gasteiger partial charge in [0.05, 0.1) is 0 Å². The number of rotatable bonds is 6. The van der Waals surface area contributed by atoms with Crippen molar-refractivity contribution in [3.05, 3.63) is 59.7 Å². The molecule has 0 saturated heterocycles. The fourth-order valence-electron chi connectivity index (χ4n) is 3.74. The minimum absolute atomic E-state index is 0.0304. The number of hydrogen-bond acceptors (Lipinski definition) is 2. The van der Waals surface area contributed by atoms with Crippen LogP contribution < -0.4 is 0 Å². The van der Waals surface area contributed by atoms with Crippen molar-refractivity contribution in [2.24, 2.45) is 11.3 Å². The van der Waals surface area contributed by atoms with Crippen molar-refractivity contribution in [1.29, 1.82) is 0 Å². The molecule has 0 heterocycles. The van der Waals surface area contributed by atoms with Gasteiger partial charge in [-0.1, -0.05) is 77.1 Å². The highest BCUT2D eigenvalue weighted by Crippen LogP contribution is 2.45. The van der Waals surface area contributed by atoms with Crippen LogP contribution in [0.1, 0.15) is 70.4 Å². The van der Waals surface area contributed by atoms with E-state index in [0.717, 1.165) is 18.4 Å². The highest BCUT2D eigenvalue weighted by atomic mass is 16.3. The zero-order valence-corrected chi connectivity index (χ0v) is 16.2. The van der Waals surface area contributed by atoms with E-state index in [1.807, 2.05) is 12.1 Å². The molecule has 2 N–H and O–H groups in total. The Balaban J connectivity index is 2.39. The predicted molar refractivity (Wildman–Crippen MR) is 105 cm³/mol. The molecule has 0 radical (unpaired) electrons. The molecule has 0 aliphatic carbocycles. The summed E-state index contributed by atoms with van der Waals surface area (Å²) in [4.78, 5) is 0. The number of phenolic OH excluding ortho intramolecular Hbond substituents is 2. The van der Waals surface area contributed by atoms with Crippen LogP contribution in [-0.4, -0.2) is 10.2 Å². The summed E-state index contributed by atoms with van der Waals surface area (Å²) in [6.45, 7) is 11.2. The molecule has 0 saturated carbocycles. The molecule has 2 nitrogen and oxygen atoms in total. The van der Waals surface area contributed by atoms with Gasteiger partial charge in [-0.3, -0.25) is 0 Å². The molecule has 2 aromatic carbocycles. The minimum atomic E-state index is -0.0304. The summed E-state index contributed by atoms with van der Waals surface area (Å²) in [5, 5.41) is 20.4. The lowest BCUT2D eigenvalue weighted by atomic mass is 9.73. The van der Waals surface area contributed by atoms with Crippen LogP contribution in [0.25, 0.3) is 0 Å². The predicted octanol–water partition coefficient (Wildman–Crippen LogP) is 6.45. The highest BCUT2D eigenvalue weighted by molar-refractivity contribution is 5.46. The molecule has 0 aliphatic heterocycles. The van der Waals surface area contributed by atoms with Crippen LogP contribution in [0.3, 0.4) is 0 Å². The first kappa shape index (κ1) is 19.4. The molecule has 0 bridgehead atoms. The van der Waals surface area contributed by atoms with Gasteiger partial charge in [-0.05, 0) is 47.6 Å². The smallest absolute Gasteiger partial charge is 0.160 e. The molecule has 2 unspecified atom stereocenters. The molecule has 2 heteroatoms. The number of aromatic hydroxyl groups is 2. The second-order valence-electron chi connectivity index (χ2n) is 8.67.